The summed E-state index contributed by atoms with van der Waals surface area (Å²) in [5, 5.41) is 8.07. The third kappa shape index (κ3) is 14.9. The van der Waals surface area contributed by atoms with Crippen molar-refractivity contribution in [1.82, 2.24) is 0 Å². The number of rotatable bonds is 5. The molecule has 0 spiro atoms. The highest BCUT2D eigenvalue weighted by Gasteiger charge is 2.30. The van der Waals surface area contributed by atoms with E-state index >= 15 is 0 Å². The predicted octanol–water partition coefficient (Wildman–Crippen LogP) is 3.95. The van der Waals surface area contributed by atoms with Crippen LogP contribution in [0.5, 0.6) is 0 Å². The third-order valence-electron chi connectivity index (χ3n) is 1.47. The number of esters is 1. The fourth-order valence-electron chi connectivity index (χ4n) is 0.549. The van der Waals surface area contributed by atoms with Crippen LogP contribution in [0.25, 0.3) is 0 Å². The Morgan fingerprint density at radius 2 is 1.69 bits per heavy atom. The molecule has 0 fully saturated rings. The van der Waals surface area contributed by atoms with Crippen molar-refractivity contribution in [3.8, 4) is 0 Å². The lowest BCUT2D eigenvalue weighted by Gasteiger charge is -2.10. The first-order chi connectivity index (χ1) is 7.40. The molecule has 0 unspecified atom stereocenters. The Bertz CT molecular complexity index is 167. The van der Waals surface area contributed by atoms with Crippen molar-refractivity contribution in [3.05, 3.63) is 0 Å². The van der Waals surface area contributed by atoms with Gasteiger partial charge in [0, 0.05) is 6.61 Å². The predicted molar refractivity (Wildman–Crippen MR) is 77.4 cm³/mol. The Morgan fingerprint density at radius 3 is 1.94 bits per heavy atom. The normalized spacial score (nSPS) is 10.4. The molecule has 0 radical (unpaired) electrons. The number of alkyl halides is 3. The van der Waals surface area contributed by atoms with E-state index in [0.29, 0.717) is 13.2 Å². The Kier molecular flexibility index (Phi) is 14.8. The van der Waals surface area contributed by atoms with Gasteiger partial charge in [0.1, 0.15) is 0 Å². The van der Waals surface area contributed by atoms with Crippen LogP contribution in [-0.4, -0.2) is 26.4 Å². The van der Waals surface area contributed by atoms with Crippen LogP contribution in [0.1, 0.15) is 39.5 Å². The lowest BCUT2D eigenvalue weighted by atomic mass is 10.4. The highest BCUT2D eigenvalue weighted by atomic mass is 80.0. The van der Waals surface area contributed by atoms with Gasteiger partial charge in [-0.25, -0.2) is 4.79 Å². The highest BCUT2D eigenvalue weighted by molar-refractivity contribution is 9.40. The van der Waals surface area contributed by atoms with Gasteiger partial charge in [0.2, 0.25) is 2.14 Å². The number of aliphatic hydroxyl groups excluding tert-OH is 1. The Morgan fingerprint density at radius 1 is 1.19 bits per heavy atom. The summed E-state index contributed by atoms with van der Waals surface area (Å²) in [6, 6.07) is 0. The zero-order chi connectivity index (χ0) is 13.0. The number of ether oxygens (including phenoxy) is 1. The van der Waals surface area contributed by atoms with E-state index in [-0.39, 0.29) is 5.97 Å². The second-order valence-corrected chi connectivity index (χ2v) is 9.83. The molecule has 0 rings (SSSR count). The fraction of sp³-hybridized carbons (Fsp3) is 0.900. The number of carbonyl (C=O) groups is 1. The summed E-state index contributed by atoms with van der Waals surface area (Å²) in [4.78, 5) is 11.0. The van der Waals surface area contributed by atoms with E-state index in [1.807, 2.05) is 6.92 Å². The van der Waals surface area contributed by atoms with Gasteiger partial charge in [-0.2, -0.15) is 0 Å². The maximum Gasteiger partial charge on any atom is 0.344 e. The molecular formula is C10H19Br3O3. The van der Waals surface area contributed by atoms with E-state index in [2.05, 4.69) is 54.7 Å². The van der Waals surface area contributed by atoms with Gasteiger partial charge in [-0.05, 0) is 60.6 Å². The Balaban J connectivity index is 0. The smallest absolute Gasteiger partial charge is 0.344 e. The van der Waals surface area contributed by atoms with E-state index in [1.54, 1.807) is 0 Å². The van der Waals surface area contributed by atoms with Gasteiger partial charge in [-0.3, -0.25) is 0 Å². The summed E-state index contributed by atoms with van der Waals surface area (Å²) in [6.07, 6.45) is 3.96. The SMILES string of the molecule is CCCCO.CCCCOC(=O)C(Br)(Br)Br. The lowest BCUT2D eigenvalue weighted by molar-refractivity contribution is -0.141. The van der Waals surface area contributed by atoms with Crippen LogP contribution in [-0.2, 0) is 9.53 Å². The Hall–Kier alpha value is 0.870. The third-order valence-corrected chi connectivity index (χ3v) is 2.45. The monoisotopic (exact) mass is 424 g/mol. The summed E-state index contributed by atoms with van der Waals surface area (Å²) in [5.41, 5.74) is 0. The maximum absolute atomic E-state index is 11.0. The van der Waals surface area contributed by atoms with Gasteiger partial charge < -0.3 is 9.84 Å². The van der Waals surface area contributed by atoms with E-state index < -0.39 is 2.14 Å². The van der Waals surface area contributed by atoms with E-state index in [0.717, 1.165) is 25.7 Å². The summed E-state index contributed by atoms with van der Waals surface area (Å²) in [5.74, 6) is -0.356. The Labute approximate surface area is 123 Å². The van der Waals surface area contributed by atoms with Gasteiger partial charge in [0.05, 0.1) is 6.61 Å². The van der Waals surface area contributed by atoms with Crippen molar-refractivity contribution in [2.24, 2.45) is 0 Å². The van der Waals surface area contributed by atoms with Gasteiger partial charge in [0.15, 0.2) is 0 Å². The van der Waals surface area contributed by atoms with E-state index in [1.165, 1.54) is 0 Å². The summed E-state index contributed by atoms with van der Waals surface area (Å²) in [6.45, 7) is 4.91. The minimum Gasteiger partial charge on any atom is -0.463 e. The molecule has 0 saturated heterocycles. The molecule has 0 saturated carbocycles. The molecule has 3 nitrogen and oxygen atoms in total. The molecule has 0 heterocycles. The van der Waals surface area contributed by atoms with Crippen LogP contribution in [0.15, 0.2) is 0 Å². The van der Waals surface area contributed by atoms with E-state index in [4.69, 9.17) is 9.84 Å². The molecule has 0 amide bonds. The molecule has 0 aliphatic heterocycles. The first-order valence-corrected chi connectivity index (χ1v) is 7.62. The standard InChI is InChI=1S/C6H9Br3O2.C4H10O/c1-2-3-4-11-5(10)6(7,8)9;1-2-3-4-5/h2-4H2,1H3;5H,2-4H2,1H3. The van der Waals surface area contributed by atoms with Crippen LogP contribution in [0.4, 0.5) is 0 Å². The van der Waals surface area contributed by atoms with Gasteiger partial charge >= 0.3 is 5.97 Å². The number of carbonyl (C=O) groups excluding carboxylic acids is 1. The van der Waals surface area contributed by atoms with Crippen molar-refractivity contribution in [1.29, 1.82) is 0 Å². The van der Waals surface area contributed by atoms with E-state index in [9.17, 15) is 4.79 Å². The molecule has 98 valence electrons. The molecule has 0 aliphatic carbocycles. The van der Waals surface area contributed by atoms with Crippen molar-refractivity contribution in [3.63, 3.8) is 0 Å². The van der Waals surface area contributed by atoms with Crippen LogP contribution >= 0.6 is 47.8 Å². The topological polar surface area (TPSA) is 46.5 Å². The first-order valence-electron chi connectivity index (χ1n) is 5.24. The number of halogens is 3. The maximum atomic E-state index is 11.0. The summed E-state index contributed by atoms with van der Waals surface area (Å²) >= 11 is 9.16. The zero-order valence-corrected chi connectivity index (χ0v) is 14.4. The molecule has 0 atom stereocenters. The van der Waals surface area contributed by atoms with Crippen LogP contribution in [0.2, 0.25) is 0 Å². The van der Waals surface area contributed by atoms with Gasteiger partial charge in [0.25, 0.3) is 0 Å². The number of hydrogen-bond acceptors (Lipinski definition) is 3. The minimum atomic E-state index is -0.916. The summed E-state index contributed by atoms with van der Waals surface area (Å²) < 4.78 is 3.95. The highest BCUT2D eigenvalue weighted by Crippen LogP contribution is 2.34. The molecule has 0 aromatic heterocycles. The number of aliphatic hydroxyl groups is 1. The van der Waals surface area contributed by atoms with Crippen molar-refractivity contribution < 1.29 is 14.6 Å². The van der Waals surface area contributed by atoms with Crippen molar-refractivity contribution in [2.45, 2.75) is 41.7 Å². The van der Waals surface area contributed by atoms with Crippen LogP contribution in [0.3, 0.4) is 0 Å². The minimum absolute atomic E-state index is 0.344. The van der Waals surface area contributed by atoms with Crippen LogP contribution in [0, 0.1) is 0 Å². The second-order valence-electron chi connectivity index (χ2n) is 3.06. The quantitative estimate of drug-likeness (QED) is 0.411. The average Bonchev–Trinajstić information content (AvgIpc) is 2.19. The fourth-order valence-corrected chi connectivity index (χ4v) is 0.893. The van der Waals surface area contributed by atoms with Gasteiger partial charge in [-0.15, -0.1) is 0 Å². The molecule has 1 N–H and O–H groups in total. The molecule has 6 heteroatoms. The molecule has 16 heavy (non-hydrogen) atoms. The molecule has 0 aromatic carbocycles. The first kappa shape index (κ1) is 19.2. The number of unbranched alkanes of at least 4 members (excludes halogenated alkanes) is 2. The van der Waals surface area contributed by atoms with Crippen molar-refractivity contribution in [2.75, 3.05) is 13.2 Å². The lowest BCUT2D eigenvalue weighted by Crippen LogP contribution is -2.20. The molecule has 0 aromatic rings. The average molecular weight is 427 g/mol. The van der Waals surface area contributed by atoms with Crippen LogP contribution < -0.4 is 0 Å². The number of hydrogen-bond donors (Lipinski definition) is 1. The van der Waals surface area contributed by atoms with Gasteiger partial charge in [-0.1, -0.05) is 26.7 Å². The molecular weight excluding hydrogens is 408 g/mol. The largest absolute Gasteiger partial charge is 0.463 e. The molecule has 0 bridgehead atoms. The van der Waals surface area contributed by atoms with Crippen molar-refractivity contribution >= 4 is 53.8 Å². The zero-order valence-electron chi connectivity index (χ0n) is 9.64. The molecule has 0 aliphatic rings. The summed E-state index contributed by atoms with van der Waals surface area (Å²) in [7, 11) is 0. The second kappa shape index (κ2) is 12.3.